The number of hydrogen-bond acceptors (Lipinski definition) is 3. The standard InChI is InChI=1S/C14H20N2O2/c1-2-14(9-17,10-18)16-8-11-7-15-13-6-4-3-5-12(11)13/h3-7,15-18H,2,8-10H2,1H3. The maximum absolute atomic E-state index is 9.39. The average Bonchev–Trinajstić information content (AvgIpc) is 2.85. The zero-order chi connectivity index (χ0) is 13.0. The van der Waals surface area contributed by atoms with E-state index < -0.39 is 5.54 Å². The zero-order valence-electron chi connectivity index (χ0n) is 10.6. The van der Waals surface area contributed by atoms with Crippen LogP contribution in [0.4, 0.5) is 0 Å². The Morgan fingerprint density at radius 3 is 2.61 bits per heavy atom. The molecule has 0 bridgehead atoms. The summed E-state index contributed by atoms with van der Waals surface area (Å²) < 4.78 is 0. The number of aromatic nitrogens is 1. The van der Waals surface area contributed by atoms with Crippen LogP contribution < -0.4 is 5.32 Å². The summed E-state index contributed by atoms with van der Waals surface area (Å²) in [7, 11) is 0. The molecule has 0 spiro atoms. The third kappa shape index (κ3) is 2.41. The van der Waals surface area contributed by atoms with Crippen molar-refractivity contribution in [2.45, 2.75) is 25.4 Å². The van der Waals surface area contributed by atoms with Crippen LogP contribution in [0.25, 0.3) is 10.9 Å². The van der Waals surface area contributed by atoms with Gasteiger partial charge in [0.05, 0.1) is 18.8 Å². The molecule has 1 aromatic heterocycles. The van der Waals surface area contributed by atoms with E-state index in [9.17, 15) is 10.2 Å². The molecule has 0 aliphatic heterocycles. The molecule has 4 nitrogen and oxygen atoms in total. The van der Waals surface area contributed by atoms with Crippen LogP contribution in [0.5, 0.6) is 0 Å². The van der Waals surface area contributed by atoms with Crippen molar-refractivity contribution in [1.29, 1.82) is 0 Å². The number of benzene rings is 1. The molecule has 1 heterocycles. The van der Waals surface area contributed by atoms with E-state index in [1.807, 2.05) is 31.3 Å². The van der Waals surface area contributed by atoms with Gasteiger partial charge in [-0.05, 0) is 18.1 Å². The van der Waals surface area contributed by atoms with E-state index in [0.29, 0.717) is 13.0 Å². The molecular formula is C14H20N2O2. The van der Waals surface area contributed by atoms with Gasteiger partial charge in [-0.25, -0.2) is 0 Å². The Labute approximate surface area is 107 Å². The second kappa shape index (κ2) is 5.52. The molecule has 0 aliphatic carbocycles. The van der Waals surface area contributed by atoms with Crippen molar-refractivity contribution in [1.82, 2.24) is 10.3 Å². The second-order valence-electron chi connectivity index (χ2n) is 4.66. The van der Waals surface area contributed by atoms with Crippen LogP contribution in [0.1, 0.15) is 18.9 Å². The lowest BCUT2D eigenvalue weighted by molar-refractivity contribution is 0.0865. The molecule has 0 radical (unpaired) electrons. The fourth-order valence-corrected chi connectivity index (χ4v) is 2.07. The monoisotopic (exact) mass is 248 g/mol. The zero-order valence-corrected chi connectivity index (χ0v) is 10.6. The van der Waals surface area contributed by atoms with E-state index in [1.165, 1.54) is 5.39 Å². The van der Waals surface area contributed by atoms with Gasteiger partial charge in [-0.1, -0.05) is 25.1 Å². The quantitative estimate of drug-likeness (QED) is 0.624. The summed E-state index contributed by atoms with van der Waals surface area (Å²) in [4.78, 5) is 3.21. The summed E-state index contributed by atoms with van der Waals surface area (Å²) in [5.41, 5.74) is 1.65. The Hall–Kier alpha value is -1.36. The highest BCUT2D eigenvalue weighted by atomic mass is 16.3. The van der Waals surface area contributed by atoms with Gasteiger partial charge in [0.1, 0.15) is 0 Å². The van der Waals surface area contributed by atoms with Crippen LogP contribution in [0, 0.1) is 0 Å². The Morgan fingerprint density at radius 2 is 1.94 bits per heavy atom. The lowest BCUT2D eigenvalue weighted by Crippen LogP contribution is -2.50. The third-order valence-electron chi connectivity index (χ3n) is 3.61. The molecule has 4 heteroatoms. The van der Waals surface area contributed by atoms with Crippen molar-refractivity contribution in [2.24, 2.45) is 0 Å². The minimum absolute atomic E-state index is 0.0671. The molecular weight excluding hydrogens is 228 g/mol. The van der Waals surface area contributed by atoms with E-state index in [0.717, 1.165) is 11.1 Å². The summed E-state index contributed by atoms with van der Waals surface area (Å²) in [6.45, 7) is 2.44. The first kappa shape index (κ1) is 13.1. The van der Waals surface area contributed by atoms with E-state index in [4.69, 9.17) is 0 Å². The topological polar surface area (TPSA) is 68.3 Å². The predicted octanol–water partition coefficient (Wildman–Crippen LogP) is 1.39. The number of nitrogens with one attached hydrogen (secondary N) is 2. The first-order valence-corrected chi connectivity index (χ1v) is 6.26. The fraction of sp³-hybridized carbons (Fsp3) is 0.429. The Morgan fingerprint density at radius 1 is 1.22 bits per heavy atom. The number of para-hydroxylation sites is 1. The van der Waals surface area contributed by atoms with E-state index in [2.05, 4.69) is 16.4 Å². The molecule has 0 saturated heterocycles. The van der Waals surface area contributed by atoms with Gasteiger partial charge in [-0.2, -0.15) is 0 Å². The smallest absolute Gasteiger partial charge is 0.0648 e. The van der Waals surface area contributed by atoms with Gasteiger partial charge in [0.15, 0.2) is 0 Å². The van der Waals surface area contributed by atoms with Gasteiger partial charge in [0, 0.05) is 23.6 Å². The summed E-state index contributed by atoms with van der Waals surface area (Å²) in [6.07, 6.45) is 2.65. The summed E-state index contributed by atoms with van der Waals surface area (Å²) >= 11 is 0. The summed E-state index contributed by atoms with van der Waals surface area (Å²) in [5, 5.41) is 23.2. The van der Waals surface area contributed by atoms with Crippen LogP contribution in [0.2, 0.25) is 0 Å². The number of fused-ring (bicyclic) bond motifs is 1. The number of aliphatic hydroxyl groups excluding tert-OH is 2. The van der Waals surface area contributed by atoms with Crippen molar-refractivity contribution in [3.8, 4) is 0 Å². The molecule has 2 rings (SSSR count). The van der Waals surface area contributed by atoms with Crippen LogP contribution >= 0.6 is 0 Å². The van der Waals surface area contributed by atoms with Crippen molar-refractivity contribution in [3.05, 3.63) is 36.0 Å². The number of H-pyrrole nitrogens is 1. The van der Waals surface area contributed by atoms with Crippen molar-refractivity contribution in [3.63, 3.8) is 0 Å². The molecule has 0 unspecified atom stereocenters. The minimum Gasteiger partial charge on any atom is -0.394 e. The van der Waals surface area contributed by atoms with Gasteiger partial charge in [0.2, 0.25) is 0 Å². The Bertz CT molecular complexity index is 495. The summed E-state index contributed by atoms with van der Waals surface area (Å²) in [5.74, 6) is 0. The first-order valence-electron chi connectivity index (χ1n) is 6.26. The lowest BCUT2D eigenvalue weighted by Gasteiger charge is -2.29. The molecule has 0 amide bonds. The minimum atomic E-state index is -0.599. The molecule has 2 aromatic rings. The van der Waals surface area contributed by atoms with E-state index in [1.54, 1.807) is 0 Å². The molecule has 0 aliphatic rings. The molecule has 4 N–H and O–H groups in total. The largest absolute Gasteiger partial charge is 0.394 e. The molecule has 0 fully saturated rings. The predicted molar refractivity (Wildman–Crippen MR) is 72.3 cm³/mol. The van der Waals surface area contributed by atoms with Crippen molar-refractivity contribution in [2.75, 3.05) is 13.2 Å². The normalized spacial score (nSPS) is 12.2. The van der Waals surface area contributed by atoms with E-state index >= 15 is 0 Å². The van der Waals surface area contributed by atoms with Gasteiger partial charge in [-0.15, -0.1) is 0 Å². The average molecular weight is 248 g/mol. The molecule has 1 aromatic carbocycles. The highest BCUT2D eigenvalue weighted by Crippen LogP contribution is 2.18. The lowest BCUT2D eigenvalue weighted by atomic mass is 9.98. The van der Waals surface area contributed by atoms with Gasteiger partial charge >= 0.3 is 0 Å². The number of aliphatic hydroxyl groups is 2. The Balaban J connectivity index is 2.14. The van der Waals surface area contributed by atoms with Crippen molar-refractivity contribution < 1.29 is 10.2 Å². The van der Waals surface area contributed by atoms with Gasteiger partial charge < -0.3 is 20.5 Å². The van der Waals surface area contributed by atoms with Crippen LogP contribution in [-0.2, 0) is 6.54 Å². The highest BCUT2D eigenvalue weighted by molar-refractivity contribution is 5.82. The van der Waals surface area contributed by atoms with E-state index in [-0.39, 0.29) is 13.2 Å². The molecule has 0 saturated carbocycles. The first-order chi connectivity index (χ1) is 8.74. The highest BCUT2D eigenvalue weighted by Gasteiger charge is 2.25. The number of aromatic amines is 1. The maximum Gasteiger partial charge on any atom is 0.0648 e. The van der Waals surface area contributed by atoms with Crippen LogP contribution in [0.3, 0.4) is 0 Å². The molecule has 18 heavy (non-hydrogen) atoms. The van der Waals surface area contributed by atoms with Crippen molar-refractivity contribution >= 4 is 10.9 Å². The SMILES string of the molecule is CCC(CO)(CO)NCc1c[nH]c2ccccc12. The van der Waals surface area contributed by atoms with Crippen LogP contribution in [-0.4, -0.2) is 33.9 Å². The van der Waals surface area contributed by atoms with Gasteiger partial charge in [-0.3, -0.25) is 0 Å². The maximum atomic E-state index is 9.39. The number of hydrogen-bond donors (Lipinski definition) is 4. The van der Waals surface area contributed by atoms with Crippen LogP contribution in [0.15, 0.2) is 30.5 Å². The molecule has 0 atom stereocenters. The number of rotatable bonds is 6. The Kier molecular flexibility index (Phi) is 4.01. The second-order valence-corrected chi connectivity index (χ2v) is 4.66. The summed E-state index contributed by atoms with van der Waals surface area (Å²) in [6, 6.07) is 8.09. The van der Waals surface area contributed by atoms with Gasteiger partial charge in [0.25, 0.3) is 0 Å². The fourth-order valence-electron chi connectivity index (χ4n) is 2.07. The molecule has 98 valence electrons. The third-order valence-corrected chi connectivity index (χ3v) is 3.61.